The lowest BCUT2D eigenvalue weighted by atomic mass is 9.74. The monoisotopic (exact) mass is 386 g/mol. The van der Waals surface area contributed by atoms with E-state index in [1.165, 1.54) is 5.56 Å². The van der Waals surface area contributed by atoms with E-state index in [0.717, 1.165) is 28.7 Å². The molecule has 1 aliphatic carbocycles. The number of aliphatic hydroxyl groups excluding tert-OH is 1. The van der Waals surface area contributed by atoms with Gasteiger partial charge in [0.25, 0.3) is 0 Å². The SMILES string of the molecule is Cc1cc(C)c(C2=C(O)[C@@H]3C4OC(CC4/C=C/c4ccccc4)[C@@H]3C2=O)c(C)c1. The molecule has 2 aromatic carbocycles. The molecule has 3 nitrogen and oxygen atoms in total. The molecule has 5 rings (SSSR count). The van der Waals surface area contributed by atoms with Crippen molar-refractivity contribution < 1.29 is 14.6 Å². The molecule has 0 amide bonds. The summed E-state index contributed by atoms with van der Waals surface area (Å²) in [7, 11) is 0. The van der Waals surface area contributed by atoms with E-state index in [1.807, 2.05) is 32.0 Å². The molecule has 3 aliphatic rings. The maximum Gasteiger partial charge on any atom is 0.173 e. The topological polar surface area (TPSA) is 46.5 Å². The first kappa shape index (κ1) is 18.4. The Labute approximate surface area is 171 Å². The summed E-state index contributed by atoms with van der Waals surface area (Å²) in [6.45, 7) is 6.10. The fourth-order valence-electron chi connectivity index (χ4n) is 5.71. The van der Waals surface area contributed by atoms with Crippen LogP contribution >= 0.6 is 0 Å². The molecule has 2 fully saturated rings. The van der Waals surface area contributed by atoms with E-state index in [9.17, 15) is 9.90 Å². The molecule has 2 bridgehead atoms. The summed E-state index contributed by atoms with van der Waals surface area (Å²) in [6.07, 6.45) is 4.92. The van der Waals surface area contributed by atoms with E-state index in [-0.39, 0.29) is 41.5 Å². The number of fused-ring (bicyclic) bond motifs is 5. The Hall–Kier alpha value is -2.65. The van der Waals surface area contributed by atoms with Crippen LogP contribution in [0.3, 0.4) is 0 Å². The van der Waals surface area contributed by atoms with Gasteiger partial charge in [0.15, 0.2) is 5.78 Å². The van der Waals surface area contributed by atoms with Crippen LogP contribution in [-0.2, 0) is 9.53 Å². The van der Waals surface area contributed by atoms with Crippen LogP contribution in [0.4, 0.5) is 0 Å². The summed E-state index contributed by atoms with van der Waals surface area (Å²) in [5.41, 5.74) is 5.85. The minimum atomic E-state index is -0.239. The van der Waals surface area contributed by atoms with Crippen LogP contribution in [0.25, 0.3) is 11.6 Å². The number of allylic oxidation sites excluding steroid dienone is 1. The number of carbonyl (C=O) groups is 1. The smallest absolute Gasteiger partial charge is 0.173 e. The number of aliphatic hydroxyl groups is 1. The van der Waals surface area contributed by atoms with E-state index in [1.54, 1.807) is 0 Å². The third kappa shape index (κ3) is 2.79. The van der Waals surface area contributed by atoms with E-state index < -0.39 is 0 Å². The third-order valence-corrected chi connectivity index (χ3v) is 6.78. The Balaban J connectivity index is 1.49. The van der Waals surface area contributed by atoms with Gasteiger partial charge in [-0.3, -0.25) is 4.79 Å². The van der Waals surface area contributed by atoms with Gasteiger partial charge in [-0.1, -0.05) is 60.2 Å². The van der Waals surface area contributed by atoms with Crippen molar-refractivity contribution in [3.05, 3.63) is 82.1 Å². The Kier molecular flexibility index (Phi) is 4.25. The number of hydrogen-bond donors (Lipinski definition) is 1. The fraction of sp³-hybridized carbons (Fsp3) is 0.346. The van der Waals surface area contributed by atoms with Crippen LogP contribution in [0, 0.1) is 38.5 Å². The molecule has 3 heteroatoms. The molecule has 5 atom stereocenters. The molecule has 2 heterocycles. The summed E-state index contributed by atoms with van der Waals surface area (Å²) in [5.74, 6) is 0.0510. The normalized spacial score (nSPS) is 30.6. The summed E-state index contributed by atoms with van der Waals surface area (Å²) in [6, 6.07) is 14.4. The number of rotatable bonds is 3. The van der Waals surface area contributed by atoms with E-state index in [2.05, 4.69) is 43.3 Å². The molecule has 0 saturated carbocycles. The molecule has 0 radical (unpaired) electrons. The van der Waals surface area contributed by atoms with Crippen molar-refractivity contribution in [1.29, 1.82) is 0 Å². The summed E-state index contributed by atoms with van der Waals surface area (Å²) in [4.78, 5) is 13.3. The molecule has 2 aliphatic heterocycles. The molecule has 2 aromatic rings. The van der Waals surface area contributed by atoms with Crippen molar-refractivity contribution in [1.82, 2.24) is 0 Å². The first-order valence-electron chi connectivity index (χ1n) is 10.4. The number of ketones is 1. The van der Waals surface area contributed by atoms with Crippen LogP contribution < -0.4 is 0 Å². The average molecular weight is 386 g/mol. The second-order valence-corrected chi connectivity index (χ2v) is 8.76. The van der Waals surface area contributed by atoms with Gasteiger partial charge in [0, 0.05) is 5.92 Å². The van der Waals surface area contributed by atoms with Crippen LogP contribution in [0.5, 0.6) is 0 Å². The van der Waals surface area contributed by atoms with Crippen molar-refractivity contribution in [2.24, 2.45) is 17.8 Å². The minimum absolute atomic E-state index is 0.0561. The predicted octanol–water partition coefficient (Wildman–Crippen LogP) is 5.20. The maximum atomic E-state index is 13.3. The van der Waals surface area contributed by atoms with Crippen molar-refractivity contribution in [2.75, 3.05) is 0 Å². The molecule has 29 heavy (non-hydrogen) atoms. The maximum absolute atomic E-state index is 13.3. The van der Waals surface area contributed by atoms with Gasteiger partial charge in [0.1, 0.15) is 5.76 Å². The first-order valence-corrected chi connectivity index (χ1v) is 10.4. The lowest BCUT2D eigenvalue weighted by Crippen LogP contribution is -2.33. The number of hydrogen-bond acceptors (Lipinski definition) is 3. The lowest BCUT2D eigenvalue weighted by Gasteiger charge is -2.25. The van der Waals surface area contributed by atoms with Crippen molar-refractivity contribution in [3.8, 4) is 0 Å². The van der Waals surface area contributed by atoms with Crippen molar-refractivity contribution >= 4 is 17.4 Å². The number of Topliss-reactive ketones (excluding diaryl/α,β-unsaturated/α-hetero) is 1. The van der Waals surface area contributed by atoms with Gasteiger partial charge in [-0.2, -0.15) is 0 Å². The number of benzene rings is 2. The Morgan fingerprint density at radius 1 is 1.03 bits per heavy atom. The molecule has 0 spiro atoms. The van der Waals surface area contributed by atoms with Gasteiger partial charge >= 0.3 is 0 Å². The first-order chi connectivity index (χ1) is 14.0. The molecule has 148 valence electrons. The highest BCUT2D eigenvalue weighted by molar-refractivity contribution is 6.26. The molecule has 1 N–H and O–H groups in total. The van der Waals surface area contributed by atoms with E-state index in [4.69, 9.17) is 4.74 Å². The van der Waals surface area contributed by atoms with Gasteiger partial charge in [-0.15, -0.1) is 0 Å². The van der Waals surface area contributed by atoms with Crippen molar-refractivity contribution in [3.63, 3.8) is 0 Å². The zero-order valence-corrected chi connectivity index (χ0v) is 17.1. The third-order valence-electron chi connectivity index (χ3n) is 6.78. The average Bonchev–Trinajstić information content (AvgIpc) is 3.33. The van der Waals surface area contributed by atoms with E-state index in [0.29, 0.717) is 5.57 Å². The van der Waals surface area contributed by atoms with Gasteiger partial charge < -0.3 is 9.84 Å². The highest BCUT2D eigenvalue weighted by atomic mass is 16.5. The molecular formula is C26H26O3. The van der Waals surface area contributed by atoms with Gasteiger partial charge in [-0.05, 0) is 49.4 Å². The van der Waals surface area contributed by atoms with Crippen LogP contribution in [0.1, 0.15) is 34.2 Å². The van der Waals surface area contributed by atoms with Crippen LogP contribution in [0.2, 0.25) is 0 Å². The number of aryl methyl sites for hydroxylation is 3. The molecule has 0 aromatic heterocycles. The highest BCUT2D eigenvalue weighted by Crippen LogP contribution is 2.56. The standard InChI is InChI=1S/C26H26O3/c1-14-11-15(2)20(16(3)12-14)22-24(27)21-19-13-18(26(29-19)23(21)25(22)28)10-9-17-7-5-4-6-8-17/h4-12,18-19,21,23,26,28H,13H2,1-3H3/b10-9+/t18?,19?,21-,23+,26?/m0/s1. The van der Waals surface area contributed by atoms with Gasteiger partial charge in [0.2, 0.25) is 0 Å². The van der Waals surface area contributed by atoms with E-state index >= 15 is 0 Å². The Bertz CT molecular complexity index is 1020. The van der Waals surface area contributed by atoms with Crippen molar-refractivity contribution in [2.45, 2.75) is 39.4 Å². The highest BCUT2D eigenvalue weighted by Gasteiger charge is 2.61. The lowest BCUT2D eigenvalue weighted by molar-refractivity contribution is -0.118. The zero-order chi connectivity index (χ0) is 20.3. The zero-order valence-electron chi connectivity index (χ0n) is 17.1. The largest absolute Gasteiger partial charge is 0.511 e. The Morgan fingerprint density at radius 3 is 2.41 bits per heavy atom. The number of carbonyl (C=O) groups excluding carboxylic acids is 1. The van der Waals surface area contributed by atoms with Crippen LogP contribution in [0.15, 0.2) is 54.3 Å². The van der Waals surface area contributed by atoms with Gasteiger partial charge in [0.05, 0.1) is 29.6 Å². The second-order valence-electron chi connectivity index (χ2n) is 8.76. The minimum Gasteiger partial charge on any atom is -0.511 e. The van der Waals surface area contributed by atoms with Gasteiger partial charge in [-0.25, -0.2) is 0 Å². The molecular weight excluding hydrogens is 360 g/mol. The molecule has 3 unspecified atom stereocenters. The summed E-state index contributed by atoms with van der Waals surface area (Å²) >= 11 is 0. The Morgan fingerprint density at radius 2 is 1.72 bits per heavy atom. The number of ether oxygens (including phenoxy) is 1. The van der Waals surface area contributed by atoms with Crippen LogP contribution in [-0.4, -0.2) is 23.1 Å². The fourth-order valence-corrected chi connectivity index (χ4v) is 5.71. The quantitative estimate of drug-likeness (QED) is 0.789. The molecule has 2 saturated heterocycles. The second kappa shape index (κ2) is 6.70. The summed E-state index contributed by atoms with van der Waals surface area (Å²) in [5, 5.41) is 11.2. The summed E-state index contributed by atoms with van der Waals surface area (Å²) < 4.78 is 6.18. The predicted molar refractivity (Wildman–Crippen MR) is 114 cm³/mol.